The molecule has 0 aromatic heterocycles. The number of carboxylic acid groups (broad SMARTS) is 1. The zero-order valence-electron chi connectivity index (χ0n) is 13.2. The largest absolute Gasteiger partial charge is 0.493 e. The Morgan fingerprint density at radius 1 is 1.33 bits per heavy atom. The van der Waals surface area contributed by atoms with Crippen molar-refractivity contribution in [2.24, 2.45) is 0 Å². The van der Waals surface area contributed by atoms with Gasteiger partial charge in [0.1, 0.15) is 0 Å². The Bertz CT molecular complexity index is 752. The molecule has 0 atom stereocenters. The lowest BCUT2D eigenvalue weighted by Gasteiger charge is -2.14. The average molecular weight is 415 g/mol. The number of rotatable bonds is 7. The second kappa shape index (κ2) is 8.26. The smallest absolute Gasteiger partial charge is 0.335 e. The number of aromatic carboxylic acids is 1. The Labute approximate surface area is 153 Å². The van der Waals surface area contributed by atoms with E-state index in [4.69, 9.17) is 26.2 Å². The van der Waals surface area contributed by atoms with Gasteiger partial charge in [0, 0.05) is 6.54 Å². The minimum atomic E-state index is -1.000. The molecule has 2 aromatic carbocycles. The highest BCUT2D eigenvalue weighted by Gasteiger charge is 2.12. The summed E-state index contributed by atoms with van der Waals surface area (Å²) >= 11 is 9.59. The summed E-state index contributed by atoms with van der Waals surface area (Å²) in [6, 6.07) is 8.30. The van der Waals surface area contributed by atoms with Gasteiger partial charge in [-0.15, -0.1) is 0 Å². The van der Waals surface area contributed by atoms with Crippen molar-refractivity contribution >= 4 is 39.2 Å². The van der Waals surface area contributed by atoms with E-state index in [-0.39, 0.29) is 5.56 Å². The van der Waals surface area contributed by atoms with Crippen LogP contribution in [0, 0.1) is 0 Å². The molecular formula is C17H17BrClNO4. The molecule has 5 nitrogen and oxygen atoms in total. The summed E-state index contributed by atoms with van der Waals surface area (Å²) in [6.07, 6.45) is 0. The average Bonchev–Trinajstić information content (AvgIpc) is 2.55. The predicted octanol–water partition coefficient (Wildman–Crippen LogP) is 4.82. The van der Waals surface area contributed by atoms with Gasteiger partial charge in [-0.1, -0.05) is 11.6 Å². The second-order valence-corrected chi connectivity index (χ2v) is 6.16. The standard InChI is InChI=1S/C17H17BrClNO4/c1-3-24-16-12(18)6-10(7-15(16)23-2)9-20-14-8-11(17(21)22)4-5-13(14)19/h4-8,20H,3,9H2,1-2H3,(H,21,22). The molecule has 2 rings (SSSR count). The van der Waals surface area contributed by atoms with Crippen LogP contribution in [0.25, 0.3) is 0 Å². The molecule has 7 heteroatoms. The maximum Gasteiger partial charge on any atom is 0.335 e. The molecule has 128 valence electrons. The Hall–Kier alpha value is -1.92. The number of hydrogen-bond acceptors (Lipinski definition) is 4. The summed E-state index contributed by atoms with van der Waals surface area (Å²) in [5.74, 6) is 0.267. The van der Waals surface area contributed by atoms with E-state index in [1.807, 2.05) is 19.1 Å². The quantitative estimate of drug-likeness (QED) is 0.680. The lowest BCUT2D eigenvalue weighted by atomic mass is 10.1. The van der Waals surface area contributed by atoms with Gasteiger partial charge in [-0.05, 0) is 58.7 Å². The van der Waals surface area contributed by atoms with E-state index in [0.717, 1.165) is 10.0 Å². The number of benzene rings is 2. The van der Waals surface area contributed by atoms with Crippen molar-refractivity contribution < 1.29 is 19.4 Å². The fourth-order valence-electron chi connectivity index (χ4n) is 2.15. The molecule has 0 amide bonds. The maximum absolute atomic E-state index is 11.1. The number of halogens is 2. The predicted molar refractivity (Wildman–Crippen MR) is 97.6 cm³/mol. The van der Waals surface area contributed by atoms with Crippen molar-refractivity contribution in [1.29, 1.82) is 0 Å². The van der Waals surface area contributed by atoms with Crippen molar-refractivity contribution in [2.75, 3.05) is 19.0 Å². The van der Waals surface area contributed by atoms with Crippen LogP contribution in [-0.2, 0) is 6.54 Å². The van der Waals surface area contributed by atoms with Gasteiger partial charge >= 0.3 is 5.97 Å². The fraction of sp³-hybridized carbons (Fsp3) is 0.235. The van der Waals surface area contributed by atoms with E-state index < -0.39 is 5.97 Å². The number of anilines is 1. The lowest BCUT2D eigenvalue weighted by Crippen LogP contribution is -2.04. The van der Waals surface area contributed by atoms with Crippen LogP contribution >= 0.6 is 27.5 Å². The monoisotopic (exact) mass is 413 g/mol. The molecular weight excluding hydrogens is 398 g/mol. The molecule has 2 N–H and O–H groups in total. The maximum atomic E-state index is 11.1. The normalized spacial score (nSPS) is 10.3. The van der Waals surface area contributed by atoms with Crippen LogP contribution in [0.1, 0.15) is 22.8 Å². The van der Waals surface area contributed by atoms with Crippen molar-refractivity contribution in [3.63, 3.8) is 0 Å². The molecule has 0 unspecified atom stereocenters. The minimum absolute atomic E-state index is 0.173. The number of carboxylic acids is 1. The molecule has 0 aliphatic heterocycles. The summed E-state index contributed by atoms with van der Waals surface area (Å²) in [4.78, 5) is 11.1. The zero-order chi connectivity index (χ0) is 17.7. The molecule has 0 radical (unpaired) electrons. The van der Waals surface area contributed by atoms with Crippen LogP contribution in [0.5, 0.6) is 11.5 Å². The van der Waals surface area contributed by atoms with Gasteiger partial charge in [0.25, 0.3) is 0 Å². The molecule has 0 heterocycles. The Kier molecular flexibility index (Phi) is 6.34. The molecule has 0 saturated heterocycles. The van der Waals surface area contributed by atoms with Crippen molar-refractivity contribution in [2.45, 2.75) is 13.5 Å². The van der Waals surface area contributed by atoms with Crippen molar-refractivity contribution in [1.82, 2.24) is 0 Å². The first-order valence-corrected chi connectivity index (χ1v) is 8.39. The van der Waals surface area contributed by atoms with Crippen LogP contribution in [-0.4, -0.2) is 24.8 Å². The van der Waals surface area contributed by atoms with E-state index in [2.05, 4.69) is 21.2 Å². The van der Waals surface area contributed by atoms with Crippen LogP contribution in [0.15, 0.2) is 34.8 Å². The zero-order valence-corrected chi connectivity index (χ0v) is 15.6. The van der Waals surface area contributed by atoms with Crippen LogP contribution in [0.3, 0.4) is 0 Å². The summed E-state index contributed by atoms with van der Waals surface area (Å²) in [6.45, 7) is 2.88. The van der Waals surface area contributed by atoms with E-state index in [0.29, 0.717) is 35.4 Å². The Balaban J connectivity index is 2.22. The first kappa shape index (κ1) is 18.4. The van der Waals surface area contributed by atoms with E-state index in [9.17, 15) is 4.79 Å². The Morgan fingerprint density at radius 2 is 2.08 bits per heavy atom. The number of carbonyl (C=O) groups is 1. The van der Waals surface area contributed by atoms with E-state index in [1.165, 1.54) is 12.1 Å². The minimum Gasteiger partial charge on any atom is -0.493 e. The summed E-state index contributed by atoms with van der Waals surface area (Å²) in [7, 11) is 1.58. The third kappa shape index (κ3) is 4.33. The van der Waals surface area contributed by atoms with Crippen molar-refractivity contribution in [3.05, 3.63) is 51.0 Å². The second-order valence-electron chi connectivity index (χ2n) is 4.90. The fourth-order valence-corrected chi connectivity index (χ4v) is 2.94. The van der Waals surface area contributed by atoms with Gasteiger partial charge in [0.2, 0.25) is 0 Å². The van der Waals surface area contributed by atoms with Crippen LogP contribution in [0.2, 0.25) is 5.02 Å². The molecule has 0 fully saturated rings. The van der Waals surface area contributed by atoms with Crippen LogP contribution < -0.4 is 14.8 Å². The number of methoxy groups -OCH3 is 1. The van der Waals surface area contributed by atoms with Crippen LogP contribution in [0.4, 0.5) is 5.69 Å². The third-order valence-corrected chi connectivity index (χ3v) is 4.19. The Morgan fingerprint density at radius 3 is 2.71 bits per heavy atom. The van der Waals surface area contributed by atoms with Gasteiger partial charge in [-0.3, -0.25) is 0 Å². The SMILES string of the molecule is CCOc1c(Br)cc(CNc2cc(C(=O)O)ccc2Cl)cc1OC. The molecule has 24 heavy (non-hydrogen) atoms. The molecule has 0 aliphatic rings. The highest BCUT2D eigenvalue weighted by atomic mass is 79.9. The van der Waals surface area contributed by atoms with E-state index >= 15 is 0 Å². The highest BCUT2D eigenvalue weighted by molar-refractivity contribution is 9.10. The van der Waals surface area contributed by atoms with Crippen molar-refractivity contribution in [3.8, 4) is 11.5 Å². The topological polar surface area (TPSA) is 67.8 Å². The number of ether oxygens (including phenoxy) is 2. The first-order valence-electron chi connectivity index (χ1n) is 7.22. The van der Waals surface area contributed by atoms with Gasteiger partial charge in [0.05, 0.1) is 34.5 Å². The van der Waals surface area contributed by atoms with Gasteiger partial charge < -0.3 is 19.9 Å². The molecule has 0 aliphatic carbocycles. The summed E-state index contributed by atoms with van der Waals surface area (Å²) < 4.78 is 11.7. The molecule has 0 bridgehead atoms. The van der Waals surface area contributed by atoms with Gasteiger partial charge in [0.15, 0.2) is 11.5 Å². The number of hydrogen-bond donors (Lipinski definition) is 2. The summed E-state index contributed by atoms with van der Waals surface area (Å²) in [5.41, 5.74) is 1.66. The van der Waals surface area contributed by atoms with Gasteiger partial charge in [-0.25, -0.2) is 4.79 Å². The summed E-state index contributed by atoms with van der Waals surface area (Å²) in [5, 5.41) is 12.7. The number of nitrogens with one attached hydrogen (secondary N) is 1. The molecule has 2 aromatic rings. The first-order chi connectivity index (χ1) is 11.5. The molecule has 0 saturated carbocycles. The molecule has 0 spiro atoms. The lowest BCUT2D eigenvalue weighted by molar-refractivity contribution is 0.0697. The van der Waals surface area contributed by atoms with Gasteiger partial charge in [-0.2, -0.15) is 0 Å². The third-order valence-electron chi connectivity index (χ3n) is 3.27. The highest BCUT2D eigenvalue weighted by Crippen LogP contribution is 2.37. The van der Waals surface area contributed by atoms with E-state index in [1.54, 1.807) is 13.2 Å².